The highest BCUT2D eigenvalue weighted by atomic mass is 32.1. The Labute approximate surface area is 187 Å². The minimum absolute atomic E-state index is 0.259. The summed E-state index contributed by atoms with van der Waals surface area (Å²) in [6.07, 6.45) is 3.74. The van der Waals surface area contributed by atoms with Gasteiger partial charge in [0.25, 0.3) is 0 Å². The number of hydrogen-bond acceptors (Lipinski definition) is 6. The SMILES string of the molecule is CCC(C)(C)N1CCCC1CNc1nc(CN2CCN(C(=O)C(C)(C)C)CC2)cs1. The molecule has 1 aromatic heterocycles. The Kier molecular flexibility index (Phi) is 7.46. The highest BCUT2D eigenvalue weighted by molar-refractivity contribution is 7.13. The van der Waals surface area contributed by atoms with Crippen molar-refractivity contribution in [3.8, 4) is 0 Å². The van der Waals surface area contributed by atoms with Gasteiger partial charge in [0.2, 0.25) is 5.91 Å². The standard InChI is InChI=1S/C23H41N5OS/c1-7-23(5,6)28-10-8-9-19(28)15-24-21-25-18(17-30-21)16-26-11-13-27(14-12-26)20(29)22(2,3)4/h17,19H,7-16H2,1-6H3,(H,24,25). The minimum atomic E-state index is -0.293. The second-order valence-corrected chi connectivity index (χ2v) is 11.4. The van der Waals surface area contributed by atoms with E-state index in [0.29, 0.717) is 6.04 Å². The molecule has 0 spiro atoms. The Morgan fingerprint density at radius 2 is 1.87 bits per heavy atom. The van der Waals surface area contributed by atoms with Crippen LogP contribution < -0.4 is 5.32 Å². The summed E-state index contributed by atoms with van der Waals surface area (Å²) >= 11 is 1.71. The maximum atomic E-state index is 12.5. The zero-order chi connectivity index (χ0) is 21.9. The minimum Gasteiger partial charge on any atom is -0.360 e. The lowest BCUT2D eigenvalue weighted by Crippen LogP contribution is -2.51. The van der Waals surface area contributed by atoms with Crippen molar-refractivity contribution in [2.24, 2.45) is 5.41 Å². The van der Waals surface area contributed by atoms with Crippen molar-refractivity contribution in [2.75, 3.05) is 44.6 Å². The first kappa shape index (κ1) is 23.5. The third-order valence-corrected chi connectivity index (χ3v) is 7.60. The summed E-state index contributed by atoms with van der Waals surface area (Å²) in [4.78, 5) is 24.4. The molecule has 1 amide bonds. The Morgan fingerprint density at radius 3 is 2.50 bits per heavy atom. The van der Waals surface area contributed by atoms with Crippen LogP contribution in [0.15, 0.2) is 5.38 Å². The van der Waals surface area contributed by atoms with Gasteiger partial charge in [-0.15, -0.1) is 11.3 Å². The fourth-order valence-corrected chi connectivity index (χ4v) is 5.24. The van der Waals surface area contributed by atoms with Crippen molar-refractivity contribution in [3.05, 3.63) is 11.1 Å². The molecule has 2 aliphatic heterocycles. The van der Waals surface area contributed by atoms with E-state index in [1.54, 1.807) is 11.3 Å². The summed E-state index contributed by atoms with van der Waals surface area (Å²) in [5.74, 6) is 0.259. The van der Waals surface area contributed by atoms with E-state index in [2.05, 4.69) is 41.3 Å². The highest BCUT2D eigenvalue weighted by Crippen LogP contribution is 2.29. The van der Waals surface area contributed by atoms with Gasteiger partial charge in [0.1, 0.15) is 0 Å². The van der Waals surface area contributed by atoms with Crippen LogP contribution in [0.4, 0.5) is 5.13 Å². The number of likely N-dealkylation sites (tertiary alicyclic amines) is 1. The number of carbonyl (C=O) groups is 1. The summed E-state index contributed by atoms with van der Waals surface area (Å²) in [6.45, 7) is 19.5. The Hall–Kier alpha value is -1.18. The van der Waals surface area contributed by atoms with Crippen LogP contribution in [-0.2, 0) is 11.3 Å². The number of amides is 1. The first-order valence-corrected chi connectivity index (χ1v) is 12.4. The summed E-state index contributed by atoms with van der Waals surface area (Å²) in [5.41, 5.74) is 1.11. The molecular weight excluding hydrogens is 394 g/mol. The summed E-state index contributed by atoms with van der Waals surface area (Å²) < 4.78 is 0. The van der Waals surface area contributed by atoms with Gasteiger partial charge in [-0.25, -0.2) is 4.98 Å². The van der Waals surface area contributed by atoms with Crippen LogP contribution in [0, 0.1) is 5.41 Å². The van der Waals surface area contributed by atoms with Crippen LogP contribution in [0.1, 0.15) is 66.5 Å². The highest BCUT2D eigenvalue weighted by Gasteiger charge is 2.34. The fourth-order valence-electron chi connectivity index (χ4n) is 4.53. The van der Waals surface area contributed by atoms with E-state index >= 15 is 0 Å². The van der Waals surface area contributed by atoms with E-state index in [9.17, 15) is 4.79 Å². The molecule has 0 saturated carbocycles. The molecular formula is C23H41N5OS. The number of nitrogens with zero attached hydrogens (tertiary/aromatic N) is 4. The number of thiazole rings is 1. The van der Waals surface area contributed by atoms with E-state index in [4.69, 9.17) is 4.98 Å². The molecule has 0 bridgehead atoms. The monoisotopic (exact) mass is 435 g/mol. The molecule has 1 N–H and O–H groups in total. The Balaban J connectivity index is 1.45. The first-order chi connectivity index (χ1) is 14.1. The van der Waals surface area contributed by atoms with E-state index in [-0.39, 0.29) is 16.9 Å². The zero-order valence-corrected chi connectivity index (χ0v) is 20.6. The number of hydrogen-bond donors (Lipinski definition) is 1. The van der Waals surface area contributed by atoms with Gasteiger partial charge in [0.05, 0.1) is 5.69 Å². The molecule has 2 fully saturated rings. The van der Waals surface area contributed by atoms with Gasteiger partial charge < -0.3 is 10.2 Å². The summed E-state index contributed by atoms with van der Waals surface area (Å²) in [7, 11) is 0. The third-order valence-electron chi connectivity index (χ3n) is 6.75. The maximum absolute atomic E-state index is 12.5. The van der Waals surface area contributed by atoms with Crippen LogP contribution in [0.2, 0.25) is 0 Å². The lowest BCUT2D eigenvalue weighted by atomic mass is 9.94. The van der Waals surface area contributed by atoms with Crippen molar-refractivity contribution < 1.29 is 4.79 Å². The lowest BCUT2D eigenvalue weighted by molar-refractivity contribution is -0.141. The molecule has 0 aliphatic carbocycles. The normalized spacial score (nSPS) is 21.9. The van der Waals surface area contributed by atoms with Gasteiger partial charge >= 0.3 is 0 Å². The van der Waals surface area contributed by atoms with Crippen LogP contribution >= 0.6 is 11.3 Å². The average molecular weight is 436 g/mol. The van der Waals surface area contributed by atoms with Crippen LogP contribution in [0.5, 0.6) is 0 Å². The number of carbonyl (C=O) groups excluding carboxylic acids is 1. The molecule has 1 unspecified atom stereocenters. The third kappa shape index (κ3) is 5.74. The maximum Gasteiger partial charge on any atom is 0.228 e. The van der Waals surface area contributed by atoms with Crippen molar-refractivity contribution in [2.45, 2.75) is 78.9 Å². The van der Waals surface area contributed by atoms with Gasteiger partial charge in [0, 0.05) is 61.6 Å². The smallest absolute Gasteiger partial charge is 0.228 e. The molecule has 7 heteroatoms. The average Bonchev–Trinajstić information content (AvgIpc) is 3.35. The van der Waals surface area contributed by atoms with Gasteiger partial charge in [-0.05, 0) is 39.7 Å². The van der Waals surface area contributed by atoms with Gasteiger partial charge in [-0.1, -0.05) is 27.7 Å². The number of rotatable bonds is 7. The van der Waals surface area contributed by atoms with E-state index < -0.39 is 0 Å². The first-order valence-electron chi connectivity index (χ1n) is 11.6. The molecule has 2 saturated heterocycles. The lowest BCUT2D eigenvalue weighted by Gasteiger charge is -2.39. The van der Waals surface area contributed by atoms with Crippen LogP contribution in [0.25, 0.3) is 0 Å². The zero-order valence-electron chi connectivity index (χ0n) is 19.8. The number of piperazine rings is 1. The molecule has 3 heterocycles. The second kappa shape index (κ2) is 9.53. The quantitative estimate of drug-likeness (QED) is 0.704. The van der Waals surface area contributed by atoms with E-state index in [0.717, 1.165) is 50.1 Å². The van der Waals surface area contributed by atoms with Gasteiger partial charge in [0.15, 0.2) is 5.13 Å². The largest absolute Gasteiger partial charge is 0.360 e. The Bertz CT molecular complexity index is 703. The van der Waals surface area contributed by atoms with Crippen molar-refractivity contribution in [3.63, 3.8) is 0 Å². The predicted octanol–water partition coefficient (Wildman–Crippen LogP) is 3.90. The van der Waals surface area contributed by atoms with Gasteiger partial charge in [-0.2, -0.15) is 0 Å². The topological polar surface area (TPSA) is 51.7 Å². The molecule has 6 nitrogen and oxygen atoms in total. The molecule has 170 valence electrons. The van der Waals surface area contributed by atoms with E-state index in [1.807, 2.05) is 25.7 Å². The van der Waals surface area contributed by atoms with Crippen molar-refractivity contribution >= 4 is 22.4 Å². The fraction of sp³-hybridized carbons (Fsp3) is 0.826. The van der Waals surface area contributed by atoms with Gasteiger partial charge in [-0.3, -0.25) is 14.6 Å². The molecule has 1 aromatic rings. The molecule has 0 radical (unpaired) electrons. The molecule has 2 aliphatic rings. The number of anilines is 1. The van der Waals surface area contributed by atoms with Crippen LogP contribution in [-0.4, -0.2) is 76.4 Å². The molecule has 30 heavy (non-hydrogen) atoms. The van der Waals surface area contributed by atoms with E-state index in [1.165, 1.54) is 25.8 Å². The second-order valence-electron chi connectivity index (χ2n) is 10.5. The Morgan fingerprint density at radius 1 is 1.17 bits per heavy atom. The van der Waals surface area contributed by atoms with Crippen molar-refractivity contribution in [1.29, 1.82) is 0 Å². The predicted molar refractivity (Wildman–Crippen MR) is 126 cm³/mol. The molecule has 3 rings (SSSR count). The molecule has 1 atom stereocenters. The molecule has 0 aromatic carbocycles. The summed E-state index contributed by atoms with van der Waals surface area (Å²) in [5, 5.41) is 6.82. The number of aromatic nitrogens is 1. The summed E-state index contributed by atoms with van der Waals surface area (Å²) in [6, 6.07) is 0.598. The van der Waals surface area contributed by atoms with Crippen LogP contribution in [0.3, 0.4) is 0 Å². The van der Waals surface area contributed by atoms with Crippen molar-refractivity contribution in [1.82, 2.24) is 19.7 Å². The number of nitrogens with one attached hydrogen (secondary N) is 1.